The van der Waals surface area contributed by atoms with Gasteiger partial charge in [0.1, 0.15) is 0 Å². The molecule has 1 heterocycles. The molecule has 1 aliphatic heterocycles. The summed E-state index contributed by atoms with van der Waals surface area (Å²) in [4.78, 5) is 0. The first-order valence-corrected chi connectivity index (χ1v) is 11.0. The largest absolute Gasteiger partial charge is 0.382 e. The second-order valence-corrected chi connectivity index (χ2v) is 7.34. The normalized spacial score (nSPS) is 16.4. The first kappa shape index (κ1) is 22.0. The molecular formula is C27H37N. The Kier molecular flexibility index (Phi) is 9.07. The summed E-state index contributed by atoms with van der Waals surface area (Å²) in [5.74, 6) is 0. The van der Waals surface area contributed by atoms with Gasteiger partial charge < -0.3 is 5.32 Å². The van der Waals surface area contributed by atoms with Gasteiger partial charge in [0.05, 0.1) is 0 Å². The van der Waals surface area contributed by atoms with Gasteiger partial charge in [-0.25, -0.2) is 0 Å². The van der Waals surface area contributed by atoms with Crippen molar-refractivity contribution in [2.45, 2.75) is 72.8 Å². The van der Waals surface area contributed by atoms with Crippen molar-refractivity contribution >= 4 is 11.1 Å². The molecule has 3 rings (SSSR count). The van der Waals surface area contributed by atoms with Crippen LogP contribution in [0.1, 0.15) is 77.8 Å². The summed E-state index contributed by atoms with van der Waals surface area (Å²) in [6.07, 6.45) is 6.46. The van der Waals surface area contributed by atoms with Crippen LogP contribution in [0.2, 0.25) is 0 Å². The fourth-order valence-corrected chi connectivity index (χ4v) is 4.01. The molecule has 28 heavy (non-hydrogen) atoms. The quantitative estimate of drug-likeness (QED) is 0.486. The number of dihydropyridines is 1. The molecule has 2 aromatic rings. The number of benzene rings is 2. The third-order valence-electron chi connectivity index (χ3n) is 5.40. The van der Waals surface area contributed by atoms with Crippen molar-refractivity contribution in [2.24, 2.45) is 0 Å². The SMILES string of the molecule is CC.CCCCCCC1NC(C)=C(c2ccccc2)C(c2ccccc2)=C1C. The zero-order valence-corrected chi connectivity index (χ0v) is 18.4. The number of unbranched alkanes of at least 4 members (excludes halogenated alkanes) is 3. The van der Waals surface area contributed by atoms with Crippen molar-refractivity contribution in [3.05, 3.63) is 83.1 Å². The minimum atomic E-state index is 0.439. The van der Waals surface area contributed by atoms with E-state index in [9.17, 15) is 0 Å². The van der Waals surface area contributed by atoms with Gasteiger partial charge in [0.25, 0.3) is 0 Å². The second-order valence-electron chi connectivity index (χ2n) is 7.34. The van der Waals surface area contributed by atoms with E-state index in [1.165, 1.54) is 65.6 Å². The molecule has 0 aliphatic carbocycles. The minimum absolute atomic E-state index is 0.439. The fraction of sp³-hybridized carbons (Fsp3) is 0.407. The van der Waals surface area contributed by atoms with Gasteiger partial charge in [-0.15, -0.1) is 0 Å². The molecule has 1 aliphatic rings. The number of nitrogens with one attached hydrogen (secondary N) is 1. The van der Waals surface area contributed by atoms with E-state index >= 15 is 0 Å². The molecule has 1 atom stereocenters. The predicted molar refractivity (Wildman–Crippen MR) is 125 cm³/mol. The van der Waals surface area contributed by atoms with Crippen molar-refractivity contribution in [3.63, 3.8) is 0 Å². The van der Waals surface area contributed by atoms with Crippen LogP contribution >= 0.6 is 0 Å². The summed E-state index contributed by atoms with van der Waals surface area (Å²) in [5.41, 5.74) is 8.13. The van der Waals surface area contributed by atoms with E-state index in [0.717, 1.165) is 0 Å². The predicted octanol–water partition coefficient (Wildman–Crippen LogP) is 7.86. The molecule has 2 aromatic carbocycles. The van der Waals surface area contributed by atoms with Crippen molar-refractivity contribution in [1.82, 2.24) is 5.32 Å². The second kappa shape index (κ2) is 11.5. The minimum Gasteiger partial charge on any atom is -0.382 e. The highest BCUT2D eigenvalue weighted by molar-refractivity contribution is 6.08. The standard InChI is InChI=1S/C25H31N.C2H6/c1-4-5-6-13-18-23-19(2)24(21-14-9-7-10-15-21)25(20(3)26-23)22-16-11-8-12-17-22;1-2/h7-12,14-17,23,26H,4-6,13,18H2,1-3H3;1-2H3. The summed E-state index contributed by atoms with van der Waals surface area (Å²) in [6.45, 7) is 10.8. The smallest absolute Gasteiger partial charge is 0.0477 e. The van der Waals surface area contributed by atoms with Crippen LogP contribution in [0.15, 0.2) is 71.9 Å². The average Bonchev–Trinajstić information content (AvgIpc) is 2.75. The Bertz CT molecular complexity index is 768. The summed E-state index contributed by atoms with van der Waals surface area (Å²) in [6, 6.07) is 22.1. The molecular weight excluding hydrogens is 338 g/mol. The average molecular weight is 376 g/mol. The van der Waals surface area contributed by atoms with Gasteiger partial charge >= 0.3 is 0 Å². The summed E-state index contributed by atoms with van der Waals surface area (Å²) < 4.78 is 0. The van der Waals surface area contributed by atoms with Crippen molar-refractivity contribution in [1.29, 1.82) is 0 Å². The van der Waals surface area contributed by atoms with E-state index in [-0.39, 0.29) is 0 Å². The Morgan fingerprint density at radius 2 is 1.25 bits per heavy atom. The molecule has 0 amide bonds. The molecule has 1 N–H and O–H groups in total. The molecule has 0 saturated heterocycles. The monoisotopic (exact) mass is 375 g/mol. The molecule has 1 nitrogen and oxygen atoms in total. The van der Waals surface area contributed by atoms with Crippen molar-refractivity contribution in [2.75, 3.05) is 0 Å². The molecule has 0 saturated carbocycles. The Morgan fingerprint density at radius 1 is 0.714 bits per heavy atom. The summed E-state index contributed by atoms with van der Waals surface area (Å²) in [7, 11) is 0. The Morgan fingerprint density at radius 3 is 1.79 bits per heavy atom. The van der Waals surface area contributed by atoms with Gasteiger partial charge in [0.15, 0.2) is 0 Å². The number of rotatable bonds is 7. The maximum atomic E-state index is 3.81. The van der Waals surface area contributed by atoms with Crippen LogP contribution in [-0.2, 0) is 0 Å². The highest BCUT2D eigenvalue weighted by Crippen LogP contribution is 2.40. The van der Waals surface area contributed by atoms with Crippen LogP contribution < -0.4 is 5.32 Å². The Labute approximate surface area is 172 Å². The van der Waals surface area contributed by atoms with Crippen molar-refractivity contribution < 1.29 is 0 Å². The van der Waals surface area contributed by atoms with E-state index in [1.54, 1.807) is 0 Å². The van der Waals surface area contributed by atoms with Crippen LogP contribution in [0.4, 0.5) is 0 Å². The molecule has 1 heteroatoms. The molecule has 0 radical (unpaired) electrons. The van der Waals surface area contributed by atoms with Gasteiger partial charge in [-0.05, 0) is 42.5 Å². The highest BCUT2D eigenvalue weighted by atomic mass is 14.9. The van der Waals surface area contributed by atoms with Gasteiger partial charge in [0.2, 0.25) is 0 Å². The molecule has 150 valence electrons. The van der Waals surface area contributed by atoms with Crippen LogP contribution in [0.3, 0.4) is 0 Å². The van der Waals surface area contributed by atoms with Crippen LogP contribution in [0, 0.1) is 0 Å². The Hall–Kier alpha value is -2.28. The lowest BCUT2D eigenvalue weighted by Gasteiger charge is -2.32. The van der Waals surface area contributed by atoms with Gasteiger partial charge in [-0.3, -0.25) is 0 Å². The van der Waals surface area contributed by atoms with Crippen molar-refractivity contribution in [3.8, 4) is 0 Å². The lowest BCUT2D eigenvalue weighted by atomic mass is 9.82. The zero-order chi connectivity index (χ0) is 20.4. The Balaban J connectivity index is 0.00000136. The van der Waals surface area contributed by atoms with Gasteiger partial charge in [-0.2, -0.15) is 0 Å². The molecule has 0 aromatic heterocycles. The highest BCUT2D eigenvalue weighted by Gasteiger charge is 2.25. The number of allylic oxidation sites excluding steroid dienone is 3. The molecule has 0 spiro atoms. The number of hydrogen-bond acceptors (Lipinski definition) is 1. The topological polar surface area (TPSA) is 12.0 Å². The first-order chi connectivity index (χ1) is 13.7. The summed E-state index contributed by atoms with van der Waals surface area (Å²) in [5, 5.41) is 3.81. The first-order valence-electron chi connectivity index (χ1n) is 11.0. The lowest BCUT2D eigenvalue weighted by Crippen LogP contribution is -2.33. The zero-order valence-electron chi connectivity index (χ0n) is 18.4. The van der Waals surface area contributed by atoms with Crippen LogP contribution in [0.25, 0.3) is 11.1 Å². The van der Waals surface area contributed by atoms with Crippen LogP contribution in [-0.4, -0.2) is 6.04 Å². The molecule has 0 bridgehead atoms. The van der Waals surface area contributed by atoms with E-state index in [4.69, 9.17) is 0 Å². The van der Waals surface area contributed by atoms with Gasteiger partial charge in [0, 0.05) is 17.3 Å². The van der Waals surface area contributed by atoms with Crippen LogP contribution in [0.5, 0.6) is 0 Å². The lowest BCUT2D eigenvalue weighted by molar-refractivity contribution is 0.534. The third kappa shape index (κ3) is 5.38. The fourth-order valence-electron chi connectivity index (χ4n) is 4.01. The maximum absolute atomic E-state index is 3.81. The molecule has 1 unspecified atom stereocenters. The van der Waals surface area contributed by atoms with E-state index in [2.05, 4.69) is 86.8 Å². The van der Waals surface area contributed by atoms with E-state index < -0.39 is 0 Å². The summed E-state index contributed by atoms with van der Waals surface area (Å²) >= 11 is 0. The molecule has 0 fully saturated rings. The van der Waals surface area contributed by atoms with E-state index in [1.807, 2.05) is 13.8 Å². The van der Waals surface area contributed by atoms with Gasteiger partial charge in [-0.1, -0.05) is 107 Å². The third-order valence-corrected chi connectivity index (χ3v) is 5.40. The van der Waals surface area contributed by atoms with E-state index in [0.29, 0.717) is 6.04 Å². The number of hydrogen-bond donors (Lipinski definition) is 1. The maximum Gasteiger partial charge on any atom is 0.0477 e.